The van der Waals surface area contributed by atoms with Crippen molar-refractivity contribution in [2.24, 2.45) is 29.6 Å². The number of carbonyl (C=O) groups is 1. The fourth-order valence-electron chi connectivity index (χ4n) is 5.04. The third kappa shape index (κ3) is 2.10. The predicted octanol–water partition coefficient (Wildman–Crippen LogP) is 4.90. The zero-order valence-corrected chi connectivity index (χ0v) is 13.2. The molecule has 0 aromatic heterocycles. The lowest BCUT2D eigenvalue weighted by Gasteiger charge is -2.24. The van der Waals surface area contributed by atoms with Crippen LogP contribution in [-0.4, -0.2) is 5.78 Å². The number of hydrogen-bond acceptors (Lipinski definition) is 1. The van der Waals surface area contributed by atoms with Crippen molar-refractivity contribution in [3.05, 3.63) is 53.6 Å². The van der Waals surface area contributed by atoms with Gasteiger partial charge in [-0.15, -0.1) is 0 Å². The SMILES string of the molecule is CCCC[C@@H]1/C(=C\c2ccccc2)C(=O)[C@@H]2[C@H]1[C@H]1C=C[C@@H]2C1. The molecular weight excluding hydrogens is 268 g/mol. The molecule has 2 saturated carbocycles. The van der Waals surface area contributed by atoms with Crippen molar-refractivity contribution >= 4 is 11.9 Å². The van der Waals surface area contributed by atoms with Crippen LogP contribution >= 0.6 is 0 Å². The molecule has 0 N–H and O–H groups in total. The highest BCUT2D eigenvalue weighted by Crippen LogP contribution is 2.59. The standard InChI is InChI=1S/C21H24O/c1-2-3-9-17-18(12-14-7-5-4-6-8-14)21(22)20-16-11-10-15(13-16)19(17)20/h4-8,10-12,15-17,19-20H,2-3,9,13H2,1H3/b18-12+/t15-,16+,17+,19-,20-/m0/s1. The van der Waals surface area contributed by atoms with E-state index in [4.69, 9.17) is 0 Å². The average Bonchev–Trinajstić information content (AvgIpc) is 3.21. The number of allylic oxidation sites excluding steroid dienone is 3. The number of hydrogen-bond donors (Lipinski definition) is 0. The Morgan fingerprint density at radius 1 is 1.14 bits per heavy atom. The molecule has 1 aromatic carbocycles. The molecule has 1 nitrogen and oxygen atoms in total. The highest BCUT2D eigenvalue weighted by molar-refractivity contribution is 6.05. The van der Waals surface area contributed by atoms with Gasteiger partial charge in [-0.3, -0.25) is 4.79 Å². The van der Waals surface area contributed by atoms with Crippen LogP contribution in [0.5, 0.6) is 0 Å². The van der Waals surface area contributed by atoms with E-state index in [1.807, 2.05) is 6.07 Å². The molecule has 1 heteroatoms. The zero-order valence-electron chi connectivity index (χ0n) is 13.2. The third-order valence-electron chi connectivity index (χ3n) is 5.96. The lowest BCUT2D eigenvalue weighted by molar-refractivity contribution is -0.118. The minimum absolute atomic E-state index is 0.284. The van der Waals surface area contributed by atoms with Crippen molar-refractivity contribution in [1.29, 1.82) is 0 Å². The van der Waals surface area contributed by atoms with Crippen LogP contribution in [0, 0.1) is 29.6 Å². The van der Waals surface area contributed by atoms with Crippen molar-refractivity contribution in [3.8, 4) is 0 Å². The summed E-state index contributed by atoms with van der Waals surface area (Å²) in [4.78, 5) is 13.1. The second-order valence-electron chi connectivity index (χ2n) is 7.17. The number of carbonyl (C=O) groups excluding carboxylic acids is 1. The number of ketones is 1. The van der Waals surface area contributed by atoms with Gasteiger partial charge >= 0.3 is 0 Å². The molecule has 3 aliphatic carbocycles. The molecule has 114 valence electrons. The van der Waals surface area contributed by atoms with Gasteiger partial charge in [-0.1, -0.05) is 62.2 Å². The van der Waals surface area contributed by atoms with E-state index in [-0.39, 0.29) is 5.92 Å². The van der Waals surface area contributed by atoms with Gasteiger partial charge in [-0.25, -0.2) is 0 Å². The predicted molar refractivity (Wildman–Crippen MR) is 90.2 cm³/mol. The number of benzene rings is 1. The number of Topliss-reactive ketones (excluding diaryl/α,β-unsaturated/α-hetero) is 1. The Labute approximate surface area is 133 Å². The number of rotatable bonds is 4. The fraction of sp³-hybridized carbons (Fsp3) is 0.476. The van der Waals surface area contributed by atoms with Crippen LogP contribution in [0.1, 0.15) is 38.2 Å². The summed E-state index contributed by atoms with van der Waals surface area (Å²) in [6.07, 6.45) is 11.7. The molecular formula is C21H24O. The van der Waals surface area contributed by atoms with Gasteiger partial charge in [0, 0.05) is 5.92 Å². The van der Waals surface area contributed by atoms with E-state index in [1.165, 1.54) is 31.2 Å². The van der Waals surface area contributed by atoms with Gasteiger partial charge < -0.3 is 0 Å². The molecule has 1 aromatic rings. The van der Waals surface area contributed by atoms with Gasteiger partial charge in [0.15, 0.2) is 5.78 Å². The van der Waals surface area contributed by atoms with Crippen molar-refractivity contribution in [2.45, 2.75) is 32.6 Å². The van der Waals surface area contributed by atoms with E-state index in [1.54, 1.807) is 0 Å². The maximum absolute atomic E-state index is 13.1. The number of unbranched alkanes of at least 4 members (excludes halogenated alkanes) is 1. The van der Waals surface area contributed by atoms with Gasteiger partial charge in [0.05, 0.1) is 0 Å². The summed E-state index contributed by atoms with van der Waals surface area (Å²) in [5.74, 6) is 2.98. The van der Waals surface area contributed by atoms with E-state index in [0.29, 0.717) is 29.5 Å². The quantitative estimate of drug-likeness (QED) is 0.570. The topological polar surface area (TPSA) is 17.1 Å². The minimum Gasteiger partial charge on any atom is -0.294 e. The second-order valence-corrected chi connectivity index (χ2v) is 7.17. The summed E-state index contributed by atoms with van der Waals surface area (Å²) in [5, 5.41) is 0. The van der Waals surface area contributed by atoms with E-state index in [9.17, 15) is 4.79 Å². The lowest BCUT2D eigenvalue weighted by atomic mass is 9.78. The smallest absolute Gasteiger partial charge is 0.163 e. The summed E-state index contributed by atoms with van der Waals surface area (Å²) in [6.45, 7) is 2.25. The molecule has 0 amide bonds. The van der Waals surface area contributed by atoms with Crippen LogP contribution < -0.4 is 0 Å². The van der Waals surface area contributed by atoms with Crippen LogP contribution in [0.3, 0.4) is 0 Å². The van der Waals surface area contributed by atoms with E-state index in [0.717, 1.165) is 5.57 Å². The van der Waals surface area contributed by atoms with Crippen molar-refractivity contribution in [2.75, 3.05) is 0 Å². The Bertz CT molecular complexity index is 625. The zero-order chi connectivity index (χ0) is 15.1. The highest BCUT2D eigenvalue weighted by Gasteiger charge is 2.57. The largest absolute Gasteiger partial charge is 0.294 e. The molecule has 0 heterocycles. The third-order valence-corrected chi connectivity index (χ3v) is 5.96. The van der Waals surface area contributed by atoms with E-state index < -0.39 is 0 Å². The normalized spacial score (nSPS) is 37.2. The Morgan fingerprint density at radius 2 is 1.91 bits per heavy atom. The van der Waals surface area contributed by atoms with Crippen molar-refractivity contribution < 1.29 is 4.79 Å². The lowest BCUT2D eigenvalue weighted by Crippen LogP contribution is -2.21. The maximum atomic E-state index is 13.1. The van der Waals surface area contributed by atoms with E-state index >= 15 is 0 Å². The second kappa shape index (κ2) is 5.53. The summed E-state index contributed by atoms with van der Waals surface area (Å²) in [6, 6.07) is 10.4. The summed E-state index contributed by atoms with van der Waals surface area (Å²) >= 11 is 0. The summed E-state index contributed by atoms with van der Waals surface area (Å²) < 4.78 is 0. The molecule has 0 unspecified atom stereocenters. The summed E-state index contributed by atoms with van der Waals surface area (Å²) in [5.41, 5.74) is 2.29. The molecule has 3 aliphatic rings. The molecule has 0 radical (unpaired) electrons. The fourth-order valence-corrected chi connectivity index (χ4v) is 5.04. The minimum atomic E-state index is 0.284. The van der Waals surface area contributed by atoms with Crippen molar-refractivity contribution in [3.63, 3.8) is 0 Å². The van der Waals surface area contributed by atoms with Gasteiger partial charge in [-0.05, 0) is 53.7 Å². The van der Waals surface area contributed by atoms with Crippen LogP contribution in [0.2, 0.25) is 0 Å². The highest BCUT2D eigenvalue weighted by atomic mass is 16.1. The molecule has 0 spiro atoms. The number of fused-ring (bicyclic) bond motifs is 5. The first-order chi connectivity index (χ1) is 10.8. The molecule has 22 heavy (non-hydrogen) atoms. The van der Waals surface area contributed by atoms with Gasteiger partial charge in [0.2, 0.25) is 0 Å². The summed E-state index contributed by atoms with van der Waals surface area (Å²) in [7, 11) is 0. The maximum Gasteiger partial charge on any atom is 0.163 e. The molecule has 2 bridgehead atoms. The molecule has 4 rings (SSSR count). The Kier molecular flexibility index (Phi) is 3.52. The molecule has 0 saturated heterocycles. The van der Waals surface area contributed by atoms with Crippen LogP contribution in [-0.2, 0) is 4.79 Å². The van der Waals surface area contributed by atoms with Crippen LogP contribution in [0.25, 0.3) is 6.08 Å². The molecule has 0 aliphatic heterocycles. The first-order valence-electron chi connectivity index (χ1n) is 8.78. The Morgan fingerprint density at radius 3 is 2.68 bits per heavy atom. The first-order valence-corrected chi connectivity index (χ1v) is 8.78. The van der Waals surface area contributed by atoms with Gasteiger partial charge in [-0.2, -0.15) is 0 Å². The van der Waals surface area contributed by atoms with Gasteiger partial charge in [0.25, 0.3) is 0 Å². The van der Waals surface area contributed by atoms with Crippen LogP contribution in [0.4, 0.5) is 0 Å². The van der Waals surface area contributed by atoms with Crippen LogP contribution in [0.15, 0.2) is 48.1 Å². The molecule has 2 fully saturated rings. The monoisotopic (exact) mass is 292 g/mol. The Hall–Kier alpha value is -1.63. The van der Waals surface area contributed by atoms with Gasteiger partial charge in [0.1, 0.15) is 0 Å². The molecule has 5 atom stereocenters. The first kappa shape index (κ1) is 14.0. The Balaban J connectivity index is 1.70. The van der Waals surface area contributed by atoms with E-state index in [2.05, 4.69) is 49.4 Å². The van der Waals surface area contributed by atoms with Crippen molar-refractivity contribution in [1.82, 2.24) is 0 Å². The average molecular weight is 292 g/mol.